The van der Waals surface area contributed by atoms with E-state index in [4.69, 9.17) is 5.21 Å². The maximum absolute atomic E-state index is 13.3. The van der Waals surface area contributed by atoms with Crippen LogP contribution < -0.4 is 5.48 Å². The van der Waals surface area contributed by atoms with Crippen LogP contribution in [0.2, 0.25) is 0 Å². The largest absolute Gasteiger partial charge is 0.394 e. The average molecular weight is 412 g/mol. The fourth-order valence-electron chi connectivity index (χ4n) is 4.00. The second kappa shape index (κ2) is 8.21. The zero-order valence-electron chi connectivity index (χ0n) is 16.1. The number of amides is 2. The van der Waals surface area contributed by atoms with Crippen molar-refractivity contribution in [2.75, 3.05) is 13.2 Å². The summed E-state index contributed by atoms with van der Waals surface area (Å²) in [4.78, 5) is 31.2. The van der Waals surface area contributed by atoms with E-state index >= 15 is 0 Å². The maximum atomic E-state index is 13.3. The molecule has 2 amide bonds. The van der Waals surface area contributed by atoms with Gasteiger partial charge in [-0.1, -0.05) is 12.1 Å². The Balaban J connectivity index is 1.84. The van der Waals surface area contributed by atoms with Gasteiger partial charge in [-0.25, -0.2) is 14.9 Å². The van der Waals surface area contributed by atoms with E-state index in [2.05, 4.69) is 4.98 Å². The van der Waals surface area contributed by atoms with Crippen molar-refractivity contribution >= 4 is 22.7 Å². The molecule has 9 heteroatoms. The van der Waals surface area contributed by atoms with Crippen molar-refractivity contribution in [2.24, 2.45) is 0 Å². The number of hydroxylamine groups is 1. The van der Waals surface area contributed by atoms with Gasteiger partial charge >= 0.3 is 0 Å². The Kier molecular flexibility index (Phi) is 5.47. The number of hydrogen-bond donors (Lipinski definition) is 3. The lowest BCUT2D eigenvalue weighted by Crippen LogP contribution is -2.37. The molecule has 0 saturated carbocycles. The highest BCUT2D eigenvalue weighted by Gasteiger charge is 2.31. The first-order valence-electron chi connectivity index (χ1n) is 9.62. The third-order valence-electron chi connectivity index (χ3n) is 5.45. The van der Waals surface area contributed by atoms with Crippen LogP contribution in [0.5, 0.6) is 0 Å². The van der Waals surface area contributed by atoms with Crippen LogP contribution in [-0.4, -0.2) is 55.8 Å². The first kappa shape index (κ1) is 20.0. The van der Waals surface area contributed by atoms with E-state index in [1.807, 2.05) is 0 Å². The topological polar surface area (TPSA) is 108 Å². The second-order valence-electron chi connectivity index (χ2n) is 7.27. The van der Waals surface area contributed by atoms with E-state index in [-0.39, 0.29) is 36.6 Å². The molecule has 0 unspecified atom stereocenters. The summed E-state index contributed by atoms with van der Waals surface area (Å²) < 4.78 is 15.0. The number of nitrogens with zero attached hydrogens (tertiary/aromatic N) is 3. The van der Waals surface area contributed by atoms with Gasteiger partial charge in [0.05, 0.1) is 23.7 Å². The molecule has 2 aromatic heterocycles. The first-order chi connectivity index (χ1) is 14.5. The molecule has 3 heterocycles. The number of fused-ring (bicyclic) bond motifs is 1. The van der Waals surface area contributed by atoms with Crippen LogP contribution in [0.4, 0.5) is 4.39 Å². The molecule has 8 nitrogen and oxygen atoms in total. The summed E-state index contributed by atoms with van der Waals surface area (Å²) in [5.74, 6) is -1.40. The Labute approximate surface area is 171 Å². The molecule has 156 valence electrons. The standard InChI is InChI=1S/C21H21FN4O4/c22-14-5-3-13(4-6-14)10-25-11-17(21(29)26-9-1-2-15(26)12-27)16-7-8-23-18(19(16)25)20(28)24-30/h3-8,11,15,27,30H,1-2,9-10,12H2,(H,24,28)/t15-/m0/s1. The van der Waals surface area contributed by atoms with E-state index in [0.717, 1.165) is 18.4 Å². The Hall–Kier alpha value is -3.30. The lowest BCUT2D eigenvalue weighted by Gasteiger charge is -2.22. The van der Waals surface area contributed by atoms with Crippen LogP contribution in [0.25, 0.3) is 10.9 Å². The number of rotatable bonds is 5. The van der Waals surface area contributed by atoms with Gasteiger partial charge < -0.3 is 14.6 Å². The first-order valence-corrected chi connectivity index (χ1v) is 9.62. The number of nitrogens with one attached hydrogen (secondary N) is 1. The summed E-state index contributed by atoms with van der Waals surface area (Å²) in [6, 6.07) is 7.31. The van der Waals surface area contributed by atoms with Crippen LogP contribution in [0.1, 0.15) is 39.3 Å². The molecule has 0 bridgehead atoms. The van der Waals surface area contributed by atoms with E-state index in [1.54, 1.807) is 39.3 Å². The number of halogens is 1. The molecule has 0 radical (unpaired) electrons. The summed E-state index contributed by atoms with van der Waals surface area (Å²) in [6.07, 6.45) is 4.58. The van der Waals surface area contributed by atoms with Crippen molar-refractivity contribution < 1.29 is 24.3 Å². The molecule has 3 aromatic rings. The minimum absolute atomic E-state index is 0.0312. The number of aromatic nitrogens is 2. The van der Waals surface area contributed by atoms with Gasteiger partial charge in [0, 0.05) is 30.9 Å². The number of likely N-dealkylation sites (tertiary alicyclic amines) is 1. The minimum Gasteiger partial charge on any atom is -0.394 e. The highest BCUT2D eigenvalue weighted by Crippen LogP contribution is 2.28. The summed E-state index contributed by atoms with van der Waals surface area (Å²) in [5, 5.41) is 19.2. The van der Waals surface area contributed by atoms with Gasteiger partial charge in [0.15, 0.2) is 5.69 Å². The molecule has 1 atom stereocenters. The van der Waals surface area contributed by atoms with Crippen molar-refractivity contribution in [3.63, 3.8) is 0 Å². The van der Waals surface area contributed by atoms with Crippen LogP contribution in [0.3, 0.4) is 0 Å². The van der Waals surface area contributed by atoms with Crippen molar-refractivity contribution in [3.8, 4) is 0 Å². The van der Waals surface area contributed by atoms with E-state index < -0.39 is 5.91 Å². The van der Waals surface area contributed by atoms with Crippen LogP contribution >= 0.6 is 0 Å². The highest BCUT2D eigenvalue weighted by atomic mass is 19.1. The minimum atomic E-state index is -0.799. The average Bonchev–Trinajstić information content (AvgIpc) is 3.39. The molecule has 1 aromatic carbocycles. The molecule has 1 fully saturated rings. The van der Waals surface area contributed by atoms with Crippen molar-refractivity contribution in [2.45, 2.75) is 25.4 Å². The summed E-state index contributed by atoms with van der Waals surface area (Å²) in [5.41, 5.74) is 3.08. The number of carbonyl (C=O) groups excluding carboxylic acids is 2. The highest BCUT2D eigenvalue weighted by molar-refractivity contribution is 6.12. The lowest BCUT2D eigenvalue weighted by molar-refractivity contribution is 0.0678. The number of aliphatic hydroxyl groups is 1. The maximum Gasteiger partial charge on any atom is 0.295 e. The second-order valence-corrected chi connectivity index (χ2v) is 7.27. The Bertz CT molecular complexity index is 1100. The molecule has 1 saturated heterocycles. The van der Waals surface area contributed by atoms with Crippen LogP contribution in [-0.2, 0) is 6.54 Å². The monoisotopic (exact) mass is 412 g/mol. The predicted molar refractivity (Wildman–Crippen MR) is 106 cm³/mol. The smallest absolute Gasteiger partial charge is 0.295 e. The van der Waals surface area contributed by atoms with Gasteiger partial charge in [-0.15, -0.1) is 0 Å². The van der Waals surface area contributed by atoms with Crippen molar-refractivity contribution in [3.05, 3.63) is 65.4 Å². The Morgan fingerprint density at radius 2 is 2.00 bits per heavy atom. The van der Waals surface area contributed by atoms with Crippen molar-refractivity contribution in [1.82, 2.24) is 19.9 Å². The molecule has 3 N–H and O–H groups in total. The molecule has 1 aliphatic rings. The van der Waals surface area contributed by atoms with Gasteiger partial charge in [-0.05, 0) is 36.6 Å². The molecule has 0 aliphatic carbocycles. The molecular formula is C21H21FN4O4. The molecule has 0 spiro atoms. The molecule has 4 rings (SSSR count). The number of aliphatic hydroxyl groups excluding tert-OH is 1. The Morgan fingerprint density at radius 1 is 1.23 bits per heavy atom. The third-order valence-corrected chi connectivity index (χ3v) is 5.45. The van der Waals surface area contributed by atoms with Gasteiger partial charge in [0.1, 0.15) is 5.82 Å². The quantitative estimate of drug-likeness (QED) is 0.439. The number of pyridine rings is 1. The number of carbonyl (C=O) groups is 2. The molecule has 30 heavy (non-hydrogen) atoms. The predicted octanol–water partition coefficient (Wildman–Crippen LogP) is 1.94. The van der Waals surface area contributed by atoms with Gasteiger partial charge in [0.2, 0.25) is 0 Å². The zero-order chi connectivity index (χ0) is 21.3. The fraction of sp³-hybridized carbons (Fsp3) is 0.286. The SMILES string of the molecule is O=C(NO)c1nccc2c(C(=O)N3CCC[C@H]3CO)cn(Cc3ccc(F)cc3)c12. The van der Waals surface area contributed by atoms with Crippen LogP contribution in [0, 0.1) is 5.82 Å². The van der Waals surface area contributed by atoms with Crippen molar-refractivity contribution in [1.29, 1.82) is 0 Å². The summed E-state index contributed by atoms with van der Waals surface area (Å²) in [7, 11) is 0. The normalized spacial score (nSPS) is 16.2. The van der Waals surface area contributed by atoms with Gasteiger partial charge in [-0.3, -0.25) is 14.8 Å². The summed E-state index contributed by atoms with van der Waals surface area (Å²) in [6.45, 7) is 0.703. The van der Waals surface area contributed by atoms with E-state index in [1.165, 1.54) is 18.3 Å². The van der Waals surface area contributed by atoms with Gasteiger partial charge in [0.25, 0.3) is 11.8 Å². The molecular weight excluding hydrogens is 391 g/mol. The summed E-state index contributed by atoms with van der Waals surface area (Å²) >= 11 is 0. The lowest BCUT2D eigenvalue weighted by atomic mass is 10.1. The Morgan fingerprint density at radius 3 is 2.70 bits per heavy atom. The third kappa shape index (κ3) is 3.53. The van der Waals surface area contributed by atoms with Crippen LogP contribution in [0.15, 0.2) is 42.7 Å². The number of hydrogen-bond acceptors (Lipinski definition) is 5. The number of benzene rings is 1. The molecule has 1 aliphatic heterocycles. The van der Waals surface area contributed by atoms with E-state index in [0.29, 0.717) is 23.0 Å². The van der Waals surface area contributed by atoms with E-state index in [9.17, 15) is 19.1 Å². The zero-order valence-corrected chi connectivity index (χ0v) is 16.1. The van der Waals surface area contributed by atoms with Gasteiger partial charge in [-0.2, -0.15) is 0 Å². The fourth-order valence-corrected chi connectivity index (χ4v) is 4.00.